The lowest BCUT2D eigenvalue weighted by Gasteiger charge is -2.12. The van der Waals surface area contributed by atoms with Gasteiger partial charge < -0.3 is 14.3 Å². The van der Waals surface area contributed by atoms with Gasteiger partial charge in [-0.1, -0.05) is 0 Å². The quantitative estimate of drug-likeness (QED) is 0.933. The molecule has 4 nitrogen and oxygen atoms in total. The van der Waals surface area contributed by atoms with E-state index in [0.29, 0.717) is 11.8 Å². The first-order chi connectivity index (χ1) is 9.38. The third-order valence-electron chi connectivity index (χ3n) is 2.49. The van der Waals surface area contributed by atoms with Gasteiger partial charge in [0.25, 0.3) is 0 Å². The summed E-state index contributed by atoms with van der Waals surface area (Å²) in [6, 6.07) is 5.85. The van der Waals surface area contributed by atoms with E-state index in [-0.39, 0.29) is 12.4 Å². The van der Waals surface area contributed by atoms with Crippen LogP contribution in [0.4, 0.5) is 13.2 Å². The van der Waals surface area contributed by atoms with Crippen molar-refractivity contribution in [3.8, 4) is 5.75 Å². The minimum absolute atomic E-state index is 0.00256. The van der Waals surface area contributed by atoms with Gasteiger partial charge in [-0.05, 0) is 30.3 Å². The summed E-state index contributed by atoms with van der Waals surface area (Å²) < 4.78 is 48.1. The Labute approximate surface area is 111 Å². The maximum Gasteiger partial charge on any atom is 0.417 e. The van der Waals surface area contributed by atoms with Crippen LogP contribution >= 0.6 is 0 Å². The number of aromatic carboxylic acids is 1. The predicted octanol–water partition coefficient (Wildman–Crippen LogP) is 3.58. The Morgan fingerprint density at radius 2 is 2.05 bits per heavy atom. The molecule has 0 radical (unpaired) electrons. The number of furan rings is 1. The molecule has 0 spiro atoms. The van der Waals surface area contributed by atoms with E-state index in [0.717, 1.165) is 12.1 Å². The number of halogens is 3. The molecule has 0 unspecified atom stereocenters. The van der Waals surface area contributed by atoms with Crippen molar-refractivity contribution in [3.63, 3.8) is 0 Å². The summed E-state index contributed by atoms with van der Waals surface area (Å²) in [4.78, 5) is 10.9. The van der Waals surface area contributed by atoms with Crippen molar-refractivity contribution >= 4 is 5.97 Å². The zero-order valence-corrected chi connectivity index (χ0v) is 9.98. The molecule has 0 bridgehead atoms. The highest BCUT2D eigenvalue weighted by atomic mass is 19.4. The maximum absolute atomic E-state index is 12.6. The van der Waals surface area contributed by atoms with Crippen LogP contribution in [0.5, 0.6) is 5.75 Å². The summed E-state index contributed by atoms with van der Waals surface area (Å²) in [7, 11) is 0. The number of alkyl halides is 3. The van der Waals surface area contributed by atoms with Crippen LogP contribution in [-0.4, -0.2) is 11.1 Å². The normalized spacial score (nSPS) is 11.3. The first-order valence-corrected chi connectivity index (χ1v) is 5.47. The fourth-order valence-corrected chi connectivity index (χ4v) is 1.59. The fourth-order valence-electron chi connectivity index (χ4n) is 1.59. The van der Waals surface area contributed by atoms with E-state index in [2.05, 4.69) is 0 Å². The largest absolute Gasteiger partial charge is 0.486 e. The number of rotatable bonds is 4. The Morgan fingerprint density at radius 3 is 2.60 bits per heavy atom. The average molecular weight is 286 g/mol. The van der Waals surface area contributed by atoms with Crippen molar-refractivity contribution in [1.82, 2.24) is 0 Å². The van der Waals surface area contributed by atoms with Gasteiger partial charge in [-0.25, -0.2) is 4.79 Å². The molecule has 1 aromatic heterocycles. The summed E-state index contributed by atoms with van der Waals surface area (Å²) in [6.07, 6.45) is -3.30. The van der Waals surface area contributed by atoms with E-state index < -0.39 is 23.3 Å². The van der Waals surface area contributed by atoms with Gasteiger partial charge in [0, 0.05) is 0 Å². The van der Waals surface area contributed by atoms with E-state index in [1.165, 1.54) is 6.26 Å². The van der Waals surface area contributed by atoms with Crippen LogP contribution < -0.4 is 4.74 Å². The smallest absolute Gasteiger partial charge is 0.417 e. The Bertz CT molecular complexity index is 603. The highest BCUT2D eigenvalue weighted by molar-refractivity contribution is 5.90. The van der Waals surface area contributed by atoms with Crippen molar-refractivity contribution in [2.75, 3.05) is 0 Å². The molecule has 0 amide bonds. The Balaban J connectivity index is 2.24. The molecule has 0 saturated heterocycles. The van der Waals surface area contributed by atoms with Gasteiger partial charge >= 0.3 is 12.1 Å². The zero-order valence-electron chi connectivity index (χ0n) is 9.98. The third-order valence-corrected chi connectivity index (χ3v) is 2.49. The van der Waals surface area contributed by atoms with Gasteiger partial charge in [0.2, 0.25) is 0 Å². The van der Waals surface area contributed by atoms with Crippen molar-refractivity contribution < 1.29 is 32.2 Å². The van der Waals surface area contributed by atoms with Crippen LogP contribution in [0.25, 0.3) is 0 Å². The molecular weight excluding hydrogens is 277 g/mol. The van der Waals surface area contributed by atoms with Crippen LogP contribution in [0, 0.1) is 0 Å². The number of carbonyl (C=O) groups is 1. The van der Waals surface area contributed by atoms with Crippen LogP contribution in [0.3, 0.4) is 0 Å². The molecule has 0 aliphatic heterocycles. The van der Waals surface area contributed by atoms with E-state index in [4.69, 9.17) is 14.3 Å². The van der Waals surface area contributed by atoms with E-state index >= 15 is 0 Å². The molecule has 106 valence electrons. The number of benzene rings is 1. The molecule has 0 aliphatic rings. The lowest BCUT2D eigenvalue weighted by molar-refractivity contribution is -0.138. The van der Waals surface area contributed by atoms with Crippen LogP contribution in [0.2, 0.25) is 0 Å². The molecule has 0 atom stereocenters. The van der Waals surface area contributed by atoms with Gasteiger partial charge in [0.05, 0.1) is 17.4 Å². The van der Waals surface area contributed by atoms with E-state index in [9.17, 15) is 18.0 Å². The summed E-state index contributed by atoms with van der Waals surface area (Å²) in [6.45, 7) is -0.00256. The molecule has 1 aromatic carbocycles. The highest BCUT2D eigenvalue weighted by Gasteiger charge is 2.35. The Morgan fingerprint density at radius 1 is 1.30 bits per heavy atom. The molecule has 2 rings (SSSR count). The van der Waals surface area contributed by atoms with Crippen LogP contribution in [0.1, 0.15) is 21.7 Å². The average Bonchev–Trinajstić information content (AvgIpc) is 2.88. The number of hydrogen-bond acceptors (Lipinski definition) is 3. The second-order valence-corrected chi connectivity index (χ2v) is 3.88. The van der Waals surface area contributed by atoms with Crippen LogP contribution in [0.15, 0.2) is 41.0 Å². The lowest BCUT2D eigenvalue weighted by Crippen LogP contribution is -2.13. The van der Waals surface area contributed by atoms with E-state index in [1.54, 1.807) is 12.1 Å². The number of ether oxygens (including phenoxy) is 1. The molecule has 0 aliphatic carbocycles. The van der Waals surface area contributed by atoms with Gasteiger partial charge in [-0.15, -0.1) is 0 Å². The highest BCUT2D eigenvalue weighted by Crippen LogP contribution is 2.34. The van der Waals surface area contributed by atoms with E-state index in [1.807, 2.05) is 0 Å². The molecule has 20 heavy (non-hydrogen) atoms. The first-order valence-electron chi connectivity index (χ1n) is 5.47. The monoisotopic (exact) mass is 286 g/mol. The topological polar surface area (TPSA) is 59.7 Å². The predicted molar refractivity (Wildman–Crippen MR) is 61.4 cm³/mol. The number of hydrogen-bond donors (Lipinski definition) is 1. The zero-order chi connectivity index (χ0) is 14.8. The number of carboxylic acid groups (broad SMARTS) is 1. The second kappa shape index (κ2) is 5.28. The summed E-state index contributed by atoms with van der Waals surface area (Å²) in [5.41, 5.74) is -2.07. The van der Waals surface area contributed by atoms with Gasteiger partial charge in [0.15, 0.2) is 0 Å². The Kier molecular flexibility index (Phi) is 3.69. The van der Waals surface area contributed by atoms with Gasteiger partial charge in [-0.2, -0.15) is 13.2 Å². The standard InChI is InChI=1S/C13H9F3O4/c14-13(15,16)11-4-3-8(6-10(11)12(17)18)20-7-9-2-1-5-19-9/h1-6H,7H2,(H,17,18). The molecule has 1 heterocycles. The molecular formula is C13H9F3O4. The van der Waals surface area contributed by atoms with Crippen LogP contribution in [-0.2, 0) is 12.8 Å². The van der Waals surface area contributed by atoms with Crippen molar-refractivity contribution in [2.24, 2.45) is 0 Å². The summed E-state index contributed by atoms with van der Waals surface area (Å²) >= 11 is 0. The molecule has 7 heteroatoms. The van der Waals surface area contributed by atoms with Crippen molar-refractivity contribution in [1.29, 1.82) is 0 Å². The third kappa shape index (κ3) is 3.11. The van der Waals surface area contributed by atoms with Crippen molar-refractivity contribution in [3.05, 3.63) is 53.5 Å². The minimum Gasteiger partial charge on any atom is -0.486 e. The number of carboxylic acids is 1. The van der Waals surface area contributed by atoms with Gasteiger partial charge in [-0.3, -0.25) is 0 Å². The van der Waals surface area contributed by atoms with Crippen molar-refractivity contribution in [2.45, 2.75) is 12.8 Å². The summed E-state index contributed by atoms with van der Waals surface area (Å²) in [5, 5.41) is 8.83. The first kappa shape index (κ1) is 14.0. The Hall–Kier alpha value is -2.44. The molecule has 2 aromatic rings. The van der Waals surface area contributed by atoms with Gasteiger partial charge in [0.1, 0.15) is 18.1 Å². The molecule has 0 fully saturated rings. The summed E-state index contributed by atoms with van der Waals surface area (Å²) in [5.74, 6) is -1.17. The fraction of sp³-hybridized carbons (Fsp3) is 0.154. The second-order valence-electron chi connectivity index (χ2n) is 3.88. The lowest BCUT2D eigenvalue weighted by atomic mass is 10.1. The molecule has 1 N–H and O–H groups in total. The molecule has 0 saturated carbocycles. The maximum atomic E-state index is 12.6. The minimum atomic E-state index is -4.73. The SMILES string of the molecule is O=C(O)c1cc(OCc2ccco2)ccc1C(F)(F)F.